The lowest BCUT2D eigenvalue weighted by atomic mass is 10.1. The number of unbranched alkanes of at least 4 members (excludes halogenated alkanes) is 3. The Hall–Kier alpha value is -14.4. The molecule has 10 amide bonds. The van der Waals surface area contributed by atoms with Gasteiger partial charge in [-0.3, -0.25) is 120 Å². The molecule has 4 aliphatic heterocycles. The minimum atomic E-state index is -1.10. The van der Waals surface area contributed by atoms with Gasteiger partial charge in [-0.05, 0) is 57.9 Å². The molecule has 123 heavy (non-hydrogen) atoms. The van der Waals surface area contributed by atoms with Crippen LogP contribution in [0.15, 0.2) is 53.1 Å². The largest absolute Gasteiger partial charge is 0.480 e. The molecule has 0 radical (unpaired) electrons. The molecule has 10 heterocycles. The van der Waals surface area contributed by atoms with Crippen molar-refractivity contribution in [3.63, 3.8) is 0 Å². The fourth-order valence-electron chi connectivity index (χ4n) is 11.9. The number of rotatable bonds is 39. The van der Waals surface area contributed by atoms with E-state index in [2.05, 4.69) is 92.2 Å². The second kappa shape index (κ2) is 47.4. The number of hydroxylamine groups is 2. The summed E-state index contributed by atoms with van der Waals surface area (Å²) in [5.41, 5.74) is 18.9. The van der Waals surface area contributed by atoms with Gasteiger partial charge in [0, 0.05) is 123 Å². The van der Waals surface area contributed by atoms with Gasteiger partial charge in [-0.25, -0.2) is 19.2 Å². The van der Waals surface area contributed by atoms with Gasteiger partial charge in [0.25, 0.3) is 52.1 Å². The van der Waals surface area contributed by atoms with Crippen LogP contribution in [0.4, 0.5) is 35.3 Å². The molecule has 670 valence electrons. The van der Waals surface area contributed by atoms with Crippen LogP contribution in [0, 0.1) is 5.92 Å². The maximum Gasteiger partial charge on any atom is 0.352 e. The predicted octanol–water partition coefficient (Wildman–Crippen LogP) is -6.11. The number of carboxylic acids is 3. The van der Waals surface area contributed by atoms with E-state index in [9.17, 15) is 111 Å². The summed E-state index contributed by atoms with van der Waals surface area (Å²) in [5.74, 6) is -10.2. The number of nitrogens with two attached hydrogens (primary N) is 4. The van der Waals surface area contributed by atoms with Crippen molar-refractivity contribution in [3.05, 3.63) is 86.8 Å². The number of fused-ring (bicyclic) bond motifs is 3. The average molecular weight is 1730 g/mol. The molecule has 0 aliphatic carbocycles. The fourth-order valence-corrected chi connectivity index (χ4v) is 11.9. The molecule has 4 atom stereocenters. The first-order valence-electron chi connectivity index (χ1n) is 37.1. The van der Waals surface area contributed by atoms with Gasteiger partial charge in [0.05, 0.1) is 0 Å². The monoisotopic (exact) mass is 1730 g/mol. The molecule has 2 fully saturated rings. The number of likely N-dealkylation sites (tertiary alicyclic amines) is 1. The minimum Gasteiger partial charge on any atom is -0.480 e. The maximum atomic E-state index is 12.4. The van der Waals surface area contributed by atoms with Gasteiger partial charge in [0.1, 0.15) is 71.4 Å². The van der Waals surface area contributed by atoms with Crippen molar-refractivity contribution in [1.82, 2.24) is 105 Å². The quantitative estimate of drug-likeness (QED) is 0.0126. The number of aromatic amines is 3. The summed E-state index contributed by atoms with van der Waals surface area (Å²) in [4.78, 5) is 273. The molecule has 52 heteroatoms. The van der Waals surface area contributed by atoms with Crippen LogP contribution >= 0.6 is 0 Å². The Morgan fingerprint density at radius 1 is 0.455 bits per heavy atom. The minimum absolute atomic E-state index is 0. The van der Waals surface area contributed by atoms with Crippen LogP contribution in [0.5, 0.6) is 0 Å². The third kappa shape index (κ3) is 27.3. The highest BCUT2D eigenvalue weighted by atomic mass is 16.7. The molecule has 6 aromatic heterocycles. The fraction of sp³-hybridized carbons (Fsp3) is 0.493. The van der Waals surface area contributed by atoms with E-state index in [0.717, 1.165) is 49.7 Å². The maximum absolute atomic E-state index is 12.4. The van der Waals surface area contributed by atoms with Crippen LogP contribution in [0.25, 0.3) is 33.1 Å². The summed E-state index contributed by atoms with van der Waals surface area (Å²) in [5, 5.41) is 50.5. The molecule has 0 aromatic carbocycles. The molecule has 4 aliphatic rings. The number of aliphatic carboxylic acids is 3. The van der Waals surface area contributed by atoms with E-state index in [4.69, 9.17) is 22.9 Å². The van der Waals surface area contributed by atoms with Crippen molar-refractivity contribution in [2.24, 2.45) is 11.7 Å². The van der Waals surface area contributed by atoms with Crippen LogP contribution in [0.3, 0.4) is 0 Å². The number of hydrogen-bond donors (Lipinski definition) is 18. The summed E-state index contributed by atoms with van der Waals surface area (Å²) in [6, 6.07) is -2.63. The van der Waals surface area contributed by atoms with E-state index in [1.165, 1.54) is 18.7 Å². The summed E-state index contributed by atoms with van der Waals surface area (Å²) in [7, 11) is 4.64. The van der Waals surface area contributed by atoms with Crippen molar-refractivity contribution in [2.75, 3.05) is 113 Å². The first-order valence-corrected chi connectivity index (χ1v) is 37.1. The van der Waals surface area contributed by atoms with E-state index in [1.54, 1.807) is 14.0 Å². The normalized spacial score (nSPS) is 14.6. The first kappa shape index (κ1) is 101. The first-order chi connectivity index (χ1) is 57.0. The Bertz CT molecular complexity index is 5350. The Morgan fingerprint density at radius 3 is 1.07 bits per heavy atom. The molecule has 2 saturated heterocycles. The van der Waals surface area contributed by atoms with Crippen LogP contribution in [-0.2, 0) is 91.6 Å². The number of aromatic nitrogens is 12. The van der Waals surface area contributed by atoms with Gasteiger partial charge in [-0.1, -0.05) is 35.6 Å². The van der Waals surface area contributed by atoms with Gasteiger partial charge < -0.3 is 85.6 Å². The SMILES string of the molecule is C.C.C.CNc1nc2c(c(N)nc(=O)n2CCN[C@@H](CCCCN)C(=O)O)c(=O)[nH]1.CNc1nc2c(c(N)nc(=O)n2CCN[C@@H](CCCCNC(=O)CN2C(=O)C=CC2=O)C(=O)O)c(=O)[nH]1.CNc1nc2c(c(N)nc(=O)n2CCN[C@@H](CCCCNC(=O)CN2C(=O)CC(C)C2=O)C(=O)O)c(=O)[nH]1.O=C(CN1C(=O)C=CC1=O)ON1C(=O)CCC1=O. The molecule has 10 rings (SSSR count). The molecule has 6 aromatic rings. The Kier molecular flexibility index (Phi) is 38.9. The lowest BCUT2D eigenvalue weighted by molar-refractivity contribution is -0.198. The summed E-state index contributed by atoms with van der Waals surface area (Å²) in [6.07, 6.45) is 8.41. The number of nitrogen functional groups attached to an aromatic ring is 3. The zero-order valence-corrected chi connectivity index (χ0v) is 65.1. The summed E-state index contributed by atoms with van der Waals surface area (Å²) < 4.78 is 3.46. The number of hydrogen-bond acceptors (Lipinski definition) is 37. The molecule has 0 bridgehead atoms. The number of carboxylic acid groups (broad SMARTS) is 3. The third-order valence-corrected chi connectivity index (χ3v) is 18.2. The molecule has 22 N–H and O–H groups in total. The second-order valence-electron chi connectivity index (χ2n) is 26.6. The number of H-pyrrole nitrogens is 3. The van der Waals surface area contributed by atoms with Crippen LogP contribution in [-0.4, -0.2) is 275 Å². The smallest absolute Gasteiger partial charge is 0.352 e. The third-order valence-electron chi connectivity index (χ3n) is 18.2. The van der Waals surface area contributed by atoms with Crippen LogP contribution in [0.2, 0.25) is 0 Å². The Balaban J connectivity index is 0.000000352. The van der Waals surface area contributed by atoms with E-state index in [1.807, 2.05) is 0 Å². The summed E-state index contributed by atoms with van der Waals surface area (Å²) >= 11 is 0. The van der Waals surface area contributed by atoms with Gasteiger partial charge >= 0.3 is 40.9 Å². The second-order valence-corrected chi connectivity index (χ2v) is 26.6. The van der Waals surface area contributed by atoms with Crippen molar-refractivity contribution in [2.45, 2.75) is 144 Å². The highest BCUT2D eigenvalue weighted by Gasteiger charge is 2.38. The number of nitrogens with one attached hydrogen (secondary N) is 11. The van der Waals surface area contributed by atoms with Gasteiger partial charge in [0.15, 0.2) is 16.9 Å². The topological polar surface area (TPSA) is 764 Å². The number of carbonyl (C=O) groups excluding carboxylic acids is 11. The Morgan fingerprint density at radius 2 is 0.772 bits per heavy atom. The lowest BCUT2D eigenvalue weighted by Crippen LogP contribution is -2.41. The molecule has 0 saturated carbocycles. The number of amides is 10. The summed E-state index contributed by atoms with van der Waals surface area (Å²) in [6.45, 7) is 1.60. The molecule has 0 spiro atoms. The van der Waals surface area contributed by atoms with Crippen molar-refractivity contribution >= 4 is 151 Å². The number of carbonyl (C=O) groups is 14. The number of anilines is 6. The van der Waals surface area contributed by atoms with E-state index in [0.29, 0.717) is 55.0 Å². The van der Waals surface area contributed by atoms with E-state index >= 15 is 0 Å². The van der Waals surface area contributed by atoms with Crippen LogP contribution in [0.1, 0.15) is 106 Å². The van der Waals surface area contributed by atoms with Gasteiger partial charge in [-0.15, -0.1) is 5.06 Å². The number of nitrogens with zero attached hydrogens (tertiary/aromatic N) is 13. The highest BCUT2D eigenvalue weighted by molar-refractivity contribution is 6.15. The van der Waals surface area contributed by atoms with Gasteiger partial charge in [-0.2, -0.15) is 29.9 Å². The standard InChI is InChI=1S/C22H31N9O7.C21H27N9O7.C15H24N8O4.C10H8N2O6.3CH4/c1-11-9-14(33)31(19(11)35)10-13(32)26-6-4-3-5-12(20(36)37)25-7-8-30-17-15(16(23)27-22(30)38)18(34)29-21(24-2)28-17;1-23-20-27-17-15(18(34)28-20)16(22)26-21(37)29(17)9-8-24-11(19(35)36)4-2-3-7-25-12(31)10-30-13(32)5-6-14(30)33;1-18-14-21-11-9(12(24)22-14)10(17)20-15(27)23(11)7-6-19-8(13(25)26)4-2-3-5-16;13-6-1-2-7(14)11(6)5-10(17)18-12-8(15)3-4-9(12)16;;;/h11-12,25H,3-10H2,1-2H3,(H,26,32)(H,36,37)(H2,23,27,38)(H2,24,28,29,34);5-6,11,24H,2-4,7-10H2,1H3,(H,25,31)(H,35,36)(H2,22,26,37)(H2,23,27,28,34);8,19H,2-7,16H2,1H3,(H,25,26)(H2,17,20,27)(H2,18,21,22,24);1-2H,3-5H2;3*1H4/t11?,12-;11-;8-;;;;/m000..../s1. The van der Waals surface area contributed by atoms with E-state index < -0.39 is 135 Å². The van der Waals surface area contributed by atoms with Crippen LogP contribution < -0.4 is 99.2 Å². The Labute approximate surface area is 696 Å². The molecule has 1 unspecified atom stereocenters. The number of imide groups is 4. The molecular weight excluding hydrogens is 1630 g/mol. The average Bonchev–Trinajstić information content (AvgIpc) is 1.48. The van der Waals surface area contributed by atoms with Crippen molar-refractivity contribution < 1.29 is 87.3 Å². The predicted molar refractivity (Wildman–Crippen MR) is 440 cm³/mol. The highest BCUT2D eigenvalue weighted by Crippen LogP contribution is 2.20. The van der Waals surface area contributed by atoms with Crippen molar-refractivity contribution in [1.29, 1.82) is 0 Å². The zero-order valence-electron chi connectivity index (χ0n) is 65.1. The zero-order chi connectivity index (χ0) is 88.4. The van der Waals surface area contributed by atoms with Crippen molar-refractivity contribution in [3.8, 4) is 0 Å². The molecule has 52 nitrogen and oxygen atoms in total. The van der Waals surface area contributed by atoms with E-state index in [-0.39, 0.29) is 200 Å². The lowest BCUT2D eigenvalue weighted by Gasteiger charge is -2.16. The molecular formula is C71H102N28O24. The van der Waals surface area contributed by atoms with Gasteiger partial charge in [0.2, 0.25) is 41.5 Å².